The first-order valence-electron chi connectivity index (χ1n) is 8.73. The number of hydrogen-bond acceptors (Lipinski definition) is 2. The van der Waals surface area contributed by atoms with Crippen LogP contribution < -0.4 is 10.1 Å². The summed E-state index contributed by atoms with van der Waals surface area (Å²) in [6, 6.07) is 18.0. The fourth-order valence-corrected chi connectivity index (χ4v) is 4.75. The van der Waals surface area contributed by atoms with E-state index in [9.17, 15) is 0 Å². The van der Waals surface area contributed by atoms with E-state index in [2.05, 4.69) is 60.8 Å². The van der Waals surface area contributed by atoms with Crippen molar-refractivity contribution < 1.29 is 4.74 Å². The second-order valence-corrected chi connectivity index (χ2v) is 6.98. The number of benzene rings is 2. The molecule has 2 aromatic rings. The molecule has 2 aromatic carbocycles. The molecule has 1 unspecified atom stereocenters. The van der Waals surface area contributed by atoms with Gasteiger partial charge < -0.3 is 10.1 Å². The second-order valence-electron chi connectivity index (χ2n) is 6.98. The number of nitrogens with one attached hydrogen (secondary N) is 1. The lowest BCUT2D eigenvalue weighted by atomic mass is 9.71. The van der Waals surface area contributed by atoms with E-state index in [0.717, 1.165) is 12.3 Å². The van der Waals surface area contributed by atoms with Crippen molar-refractivity contribution in [2.24, 2.45) is 5.92 Å². The SMILES string of the molecule is COc1cccc2c1[C@H]1CNC([C@@H](C)c3ccccc3)[C@H]1CC2. The maximum atomic E-state index is 5.67. The van der Waals surface area contributed by atoms with Crippen LogP contribution in [0.4, 0.5) is 0 Å². The van der Waals surface area contributed by atoms with Gasteiger partial charge >= 0.3 is 0 Å². The third-order valence-corrected chi connectivity index (χ3v) is 5.91. The van der Waals surface area contributed by atoms with Crippen molar-refractivity contribution in [2.75, 3.05) is 13.7 Å². The van der Waals surface area contributed by atoms with Crippen molar-refractivity contribution in [1.82, 2.24) is 5.32 Å². The number of rotatable bonds is 3. The normalized spacial score (nSPS) is 27.1. The van der Waals surface area contributed by atoms with Gasteiger partial charge in [-0.3, -0.25) is 0 Å². The van der Waals surface area contributed by atoms with E-state index in [1.165, 1.54) is 29.5 Å². The van der Waals surface area contributed by atoms with Gasteiger partial charge in [0.25, 0.3) is 0 Å². The van der Waals surface area contributed by atoms with E-state index in [1.54, 1.807) is 7.11 Å². The van der Waals surface area contributed by atoms with Crippen LogP contribution in [0.3, 0.4) is 0 Å². The predicted octanol–water partition coefficient (Wildman–Crippen LogP) is 4.12. The first kappa shape index (κ1) is 14.8. The van der Waals surface area contributed by atoms with Gasteiger partial charge in [0.2, 0.25) is 0 Å². The van der Waals surface area contributed by atoms with Crippen molar-refractivity contribution in [3.8, 4) is 5.75 Å². The van der Waals surface area contributed by atoms with Crippen molar-refractivity contribution >= 4 is 0 Å². The van der Waals surface area contributed by atoms with Crippen LogP contribution in [0, 0.1) is 5.92 Å². The third-order valence-electron chi connectivity index (χ3n) is 5.91. The molecule has 1 N–H and O–H groups in total. The van der Waals surface area contributed by atoms with Crippen molar-refractivity contribution in [2.45, 2.75) is 37.6 Å². The second kappa shape index (κ2) is 6.01. The molecule has 120 valence electrons. The Balaban J connectivity index is 1.65. The molecule has 0 radical (unpaired) electrons. The molecule has 1 heterocycles. The molecule has 4 rings (SSSR count). The van der Waals surface area contributed by atoms with Crippen LogP contribution in [0.25, 0.3) is 0 Å². The van der Waals surface area contributed by atoms with Crippen molar-refractivity contribution in [3.63, 3.8) is 0 Å². The summed E-state index contributed by atoms with van der Waals surface area (Å²) in [5.41, 5.74) is 4.39. The molecule has 0 spiro atoms. The van der Waals surface area contributed by atoms with Crippen LogP contribution >= 0.6 is 0 Å². The van der Waals surface area contributed by atoms with E-state index < -0.39 is 0 Å². The number of methoxy groups -OCH3 is 1. The summed E-state index contributed by atoms with van der Waals surface area (Å²) < 4.78 is 5.67. The minimum Gasteiger partial charge on any atom is -0.496 e. The van der Waals surface area contributed by atoms with Crippen molar-refractivity contribution in [3.05, 3.63) is 65.2 Å². The lowest BCUT2D eigenvalue weighted by Gasteiger charge is -2.34. The monoisotopic (exact) mass is 307 g/mol. The van der Waals surface area contributed by atoms with E-state index >= 15 is 0 Å². The highest BCUT2D eigenvalue weighted by molar-refractivity contribution is 5.46. The van der Waals surface area contributed by atoms with E-state index in [1.807, 2.05) is 0 Å². The average Bonchev–Trinajstić information content (AvgIpc) is 3.05. The van der Waals surface area contributed by atoms with Crippen molar-refractivity contribution in [1.29, 1.82) is 0 Å². The van der Waals surface area contributed by atoms with Crippen LogP contribution in [0.5, 0.6) is 5.75 Å². The summed E-state index contributed by atoms with van der Waals surface area (Å²) in [5, 5.41) is 3.83. The summed E-state index contributed by atoms with van der Waals surface area (Å²) >= 11 is 0. The Labute approximate surface area is 138 Å². The van der Waals surface area contributed by atoms with E-state index in [0.29, 0.717) is 23.8 Å². The lowest BCUT2D eigenvalue weighted by Crippen LogP contribution is -2.34. The molecule has 1 saturated heterocycles. The maximum Gasteiger partial charge on any atom is 0.122 e. The van der Waals surface area contributed by atoms with Gasteiger partial charge in [-0.05, 0) is 41.9 Å². The fourth-order valence-electron chi connectivity index (χ4n) is 4.75. The van der Waals surface area contributed by atoms with Gasteiger partial charge in [0.05, 0.1) is 7.11 Å². The minimum absolute atomic E-state index is 0.544. The molecule has 2 aliphatic rings. The summed E-state index contributed by atoms with van der Waals surface area (Å²) in [6.07, 6.45) is 2.45. The van der Waals surface area contributed by atoms with Crippen LogP contribution in [0.2, 0.25) is 0 Å². The minimum atomic E-state index is 0.544. The molecular weight excluding hydrogens is 282 g/mol. The Morgan fingerprint density at radius 3 is 2.70 bits per heavy atom. The molecule has 0 amide bonds. The highest BCUT2D eigenvalue weighted by Crippen LogP contribution is 2.47. The molecule has 1 fully saturated rings. The van der Waals surface area contributed by atoms with Crippen LogP contribution in [0.15, 0.2) is 48.5 Å². The Bertz CT molecular complexity index is 667. The molecule has 4 atom stereocenters. The topological polar surface area (TPSA) is 21.3 Å². The van der Waals surface area contributed by atoms with Gasteiger partial charge in [-0.2, -0.15) is 0 Å². The third kappa shape index (κ3) is 2.46. The fraction of sp³-hybridized carbons (Fsp3) is 0.429. The first-order valence-corrected chi connectivity index (χ1v) is 8.73. The smallest absolute Gasteiger partial charge is 0.122 e. The van der Waals surface area contributed by atoms with Crippen LogP contribution in [0.1, 0.15) is 41.9 Å². The predicted molar refractivity (Wildman–Crippen MR) is 94.2 cm³/mol. The molecule has 1 aliphatic carbocycles. The van der Waals surface area contributed by atoms with E-state index in [-0.39, 0.29) is 0 Å². The Kier molecular flexibility index (Phi) is 3.86. The van der Waals surface area contributed by atoms with Gasteiger partial charge in [-0.15, -0.1) is 0 Å². The van der Waals surface area contributed by atoms with E-state index in [4.69, 9.17) is 4.74 Å². The zero-order valence-corrected chi connectivity index (χ0v) is 14.0. The largest absolute Gasteiger partial charge is 0.496 e. The van der Waals surface area contributed by atoms with Gasteiger partial charge in [0.15, 0.2) is 0 Å². The van der Waals surface area contributed by atoms with Gasteiger partial charge in [0, 0.05) is 24.1 Å². The molecule has 0 bridgehead atoms. The van der Waals surface area contributed by atoms with Crippen LogP contribution in [-0.4, -0.2) is 19.7 Å². The Hall–Kier alpha value is -1.80. The zero-order valence-electron chi connectivity index (χ0n) is 14.0. The first-order chi connectivity index (χ1) is 11.3. The molecule has 0 saturated carbocycles. The molecule has 2 heteroatoms. The number of ether oxygens (including phenoxy) is 1. The van der Waals surface area contributed by atoms with Gasteiger partial charge in [0.1, 0.15) is 5.75 Å². The van der Waals surface area contributed by atoms with Gasteiger partial charge in [-0.25, -0.2) is 0 Å². The Morgan fingerprint density at radius 2 is 1.91 bits per heavy atom. The average molecular weight is 307 g/mol. The molecule has 2 nitrogen and oxygen atoms in total. The molecule has 23 heavy (non-hydrogen) atoms. The quantitative estimate of drug-likeness (QED) is 0.921. The summed E-state index contributed by atoms with van der Waals surface area (Å²) in [4.78, 5) is 0. The summed E-state index contributed by atoms with van der Waals surface area (Å²) in [7, 11) is 1.80. The maximum absolute atomic E-state index is 5.67. The lowest BCUT2D eigenvalue weighted by molar-refractivity contribution is 0.332. The van der Waals surface area contributed by atoms with Crippen LogP contribution in [-0.2, 0) is 6.42 Å². The standard InChI is InChI=1S/C21H25NO/c1-14(15-7-4-3-5-8-15)21-17-12-11-16-9-6-10-19(23-2)20(16)18(17)13-22-21/h3-10,14,17-18,21-22H,11-13H2,1-2H3/t14-,17-,18-,21?/m0/s1. The molecular formula is C21H25NO. The highest BCUT2D eigenvalue weighted by atomic mass is 16.5. The summed E-state index contributed by atoms with van der Waals surface area (Å²) in [5.74, 6) is 2.91. The molecule has 0 aromatic heterocycles. The number of hydrogen-bond donors (Lipinski definition) is 1. The summed E-state index contributed by atoms with van der Waals surface area (Å²) in [6.45, 7) is 3.44. The number of fused-ring (bicyclic) bond motifs is 3. The number of aryl methyl sites for hydroxylation is 1. The highest BCUT2D eigenvalue weighted by Gasteiger charge is 2.43. The zero-order chi connectivity index (χ0) is 15.8. The molecule has 1 aliphatic heterocycles. The Morgan fingerprint density at radius 1 is 1.09 bits per heavy atom. The van der Waals surface area contributed by atoms with Gasteiger partial charge in [-0.1, -0.05) is 49.4 Å².